The number of amides is 1. The molecule has 1 aromatic heterocycles. The largest absolute Gasteiger partial charge is 0.276 e. The molecular formula is C26H17ClN2O. The number of aromatic nitrogens is 1. The van der Waals surface area contributed by atoms with Gasteiger partial charge in [0.05, 0.1) is 11.2 Å². The van der Waals surface area contributed by atoms with Crippen LogP contribution in [-0.2, 0) is 4.79 Å². The van der Waals surface area contributed by atoms with Crippen molar-refractivity contribution in [2.75, 3.05) is 4.90 Å². The molecule has 0 atom stereocenters. The fourth-order valence-corrected chi connectivity index (χ4v) is 3.76. The van der Waals surface area contributed by atoms with Crippen LogP contribution in [0.2, 0.25) is 5.02 Å². The standard InChI is InChI=1S/C26H17ClN2O/c27-22-10-8-19(9-11-22)25-17-21(15-18-5-2-1-3-6-18)26(30)29(25)23-12-13-24-20(16-23)7-4-14-28-24/h1-17H/b21-15+. The van der Waals surface area contributed by atoms with E-state index in [2.05, 4.69) is 4.98 Å². The van der Waals surface area contributed by atoms with E-state index in [9.17, 15) is 4.79 Å². The Balaban J connectivity index is 1.65. The Morgan fingerprint density at radius 1 is 0.867 bits per heavy atom. The lowest BCUT2D eigenvalue weighted by atomic mass is 10.1. The highest BCUT2D eigenvalue weighted by atomic mass is 35.5. The van der Waals surface area contributed by atoms with Gasteiger partial charge in [-0.2, -0.15) is 0 Å². The van der Waals surface area contributed by atoms with Crippen LogP contribution in [0.25, 0.3) is 22.7 Å². The summed E-state index contributed by atoms with van der Waals surface area (Å²) in [5.74, 6) is -0.0629. The number of carbonyl (C=O) groups excluding carboxylic acids is 1. The Bertz CT molecular complexity index is 1310. The summed E-state index contributed by atoms with van der Waals surface area (Å²) in [7, 11) is 0. The SMILES string of the molecule is O=C1/C(=C/c2ccccc2)C=C(c2ccc(Cl)cc2)N1c1ccc2ncccc2c1. The monoisotopic (exact) mass is 408 g/mol. The minimum Gasteiger partial charge on any atom is -0.276 e. The second kappa shape index (κ2) is 7.62. The van der Waals surface area contributed by atoms with E-state index in [0.717, 1.165) is 33.4 Å². The van der Waals surface area contributed by atoms with Crippen LogP contribution in [0.3, 0.4) is 0 Å². The molecule has 0 unspecified atom stereocenters. The Kier molecular flexibility index (Phi) is 4.66. The molecular weight excluding hydrogens is 392 g/mol. The Morgan fingerprint density at radius 3 is 2.47 bits per heavy atom. The van der Waals surface area contributed by atoms with Crippen molar-refractivity contribution in [2.45, 2.75) is 0 Å². The van der Waals surface area contributed by atoms with E-state index in [1.165, 1.54) is 0 Å². The number of nitrogens with zero attached hydrogens (tertiary/aromatic N) is 2. The average Bonchev–Trinajstić information content (AvgIpc) is 3.10. The third-order valence-electron chi connectivity index (χ3n) is 5.09. The summed E-state index contributed by atoms with van der Waals surface area (Å²) in [5, 5.41) is 1.64. The van der Waals surface area contributed by atoms with Crippen molar-refractivity contribution in [3.05, 3.63) is 119 Å². The van der Waals surface area contributed by atoms with Crippen LogP contribution in [0.4, 0.5) is 5.69 Å². The number of benzene rings is 3. The zero-order valence-corrected chi connectivity index (χ0v) is 16.8. The van der Waals surface area contributed by atoms with Crippen molar-refractivity contribution in [1.29, 1.82) is 0 Å². The van der Waals surface area contributed by atoms with Gasteiger partial charge < -0.3 is 0 Å². The first-order valence-corrected chi connectivity index (χ1v) is 10.0. The molecule has 30 heavy (non-hydrogen) atoms. The quantitative estimate of drug-likeness (QED) is 0.369. The molecule has 3 aromatic carbocycles. The van der Waals surface area contributed by atoms with Crippen molar-refractivity contribution >= 4 is 45.9 Å². The highest BCUT2D eigenvalue weighted by molar-refractivity contribution is 6.30. The number of hydrogen-bond acceptors (Lipinski definition) is 2. The maximum atomic E-state index is 13.5. The van der Waals surface area contributed by atoms with Gasteiger partial charge in [0.1, 0.15) is 0 Å². The number of rotatable bonds is 3. The van der Waals surface area contributed by atoms with Crippen molar-refractivity contribution in [3.63, 3.8) is 0 Å². The summed E-state index contributed by atoms with van der Waals surface area (Å²) in [5.41, 5.74) is 5.07. The minimum absolute atomic E-state index is 0.0629. The molecule has 0 saturated carbocycles. The molecule has 0 bridgehead atoms. The van der Waals surface area contributed by atoms with E-state index in [1.807, 2.05) is 97.1 Å². The second-order valence-corrected chi connectivity index (χ2v) is 7.50. The first kappa shape index (κ1) is 18.3. The Labute approximate surface area is 179 Å². The molecule has 0 aliphatic carbocycles. The Morgan fingerprint density at radius 2 is 1.67 bits per heavy atom. The molecule has 1 aliphatic rings. The summed E-state index contributed by atoms with van der Waals surface area (Å²) < 4.78 is 0. The van der Waals surface area contributed by atoms with Crippen LogP contribution in [0.1, 0.15) is 11.1 Å². The number of halogens is 1. The minimum atomic E-state index is -0.0629. The van der Waals surface area contributed by atoms with Gasteiger partial charge in [-0.25, -0.2) is 0 Å². The van der Waals surface area contributed by atoms with E-state index >= 15 is 0 Å². The molecule has 0 N–H and O–H groups in total. The molecule has 4 aromatic rings. The van der Waals surface area contributed by atoms with Crippen molar-refractivity contribution in [3.8, 4) is 0 Å². The van der Waals surface area contributed by atoms with Gasteiger partial charge in [0.25, 0.3) is 5.91 Å². The fraction of sp³-hybridized carbons (Fsp3) is 0. The van der Waals surface area contributed by atoms with Crippen LogP contribution >= 0.6 is 11.6 Å². The summed E-state index contributed by atoms with van der Waals surface area (Å²) >= 11 is 6.08. The van der Waals surface area contributed by atoms with Crippen LogP contribution in [0, 0.1) is 0 Å². The van der Waals surface area contributed by atoms with E-state index in [-0.39, 0.29) is 5.91 Å². The molecule has 4 heteroatoms. The van der Waals surface area contributed by atoms with Gasteiger partial charge in [0, 0.05) is 27.9 Å². The van der Waals surface area contributed by atoms with Crippen molar-refractivity contribution in [1.82, 2.24) is 4.98 Å². The van der Waals surface area contributed by atoms with E-state index in [1.54, 1.807) is 11.1 Å². The first-order chi connectivity index (χ1) is 14.7. The predicted octanol–water partition coefficient (Wildman–Crippen LogP) is 6.36. The van der Waals surface area contributed by atoms with Gasteiger partial charge in [-0.05, 0) is 59.7 Å². The fourth-order valence-electron chi connectivity index (χ4n) is 3.64. The smallest absolute Gasteiger partial charge is 0.262 e. The molecule has 0 spiro atoms. The molecule has 0 radical (unpaired) electrons. The van der Waals surface area contributed by atoms with Crippen LogP contribution < -0.4 is 4.90 Å². The first-order valence-electron chi connectivity index (χ1n) is 9.63. The number of pyridine rings is 1. The van der Waals surface area contributed by atoms with Gasteiger partial charge in [0.15, 0.2) is 0 Å². The maximum Gasteiger partial charge on any atom is 0.262 e. The lowest BCUT2D eigenvalue weighted by Gasteiger charge is -2.21. The van der Waals surface area contributed by atoms with Crippen molar-refractivity contribution < 1.29 is 4.79 Å². The second-order valence-electron chi connectivity index (χ2n) is 7.07. The highest BCUT2D eigenvalue weighted by Gasteiger charge is 2.30. The molecule has 1 amide bonds. The molecule has 2 heterocycles. The van der Waals surface area contributed by atoms with Gasteiger partial charge in [-0.1, -0.05) is 60.1 Å². The highest BCUT2D eigenvalue weighted by Crippen LogP contribution is 2.36. The molecule has 0 saturated heterocycles. The number of carbonyl (C=O) groups is 1. The topological polar surface area (TPSA) is 33.2 Å². The van der Waals surface area contributed by atoms with Crippen molar-refractivity contribution in [2.24, 2.45) is 0 Å². The van der Waals surface area contributed by atoms with E-state index in [0.29, 0.717) is 10.6 Å². The van der Waals surface area contributed by atoms with Gasteiger partial charge in [-0.3, -0.25) is 14.7 Å². The van der Waals surface area contributed by atoms with E-state index < -0.39 is 0 Å². The Hall–Kier alpha value is -3.69. The summed E-state index contributed by atoms with van der Waals surface area (Å²) in [4.78, 5) is 19.6. The summed E-state index contributed by atoms with van der Waals surface area (Å²) in [6, 6.07) is 27.2. The predicted molar refractivity (Wildman–Crippen MR) is 123 cm³/mol. The van der Waals surface area contributed by atoms with Gasteiger partial charge in [0.2, 0.25) is 0 Å². The normalized spacial score (nSPS) is 15.1. The molecule has 3 nitrogen and oxygen atoms in total. The molecule has 144 valence electrons. The van der Waals surface area contributed by atoms with Crippen LogP contribution in [0.15, 0.2) is 103 Å². The van der Waals surface area contributed by atoms with E-state index in [4.69, 9.17) is 11.6 Å². The van der Waals surface area contributed by atoms with Gasteiger partial charge in [-0.15, -0.1) is 0 Å². The third kappa shape index (κ3) is 3.40. The average molecular weight is 409 g/mol. The number of fused-ring (bicyclic) bond motifs is 1. The summed E-state index contributed by atoms with van der Waals surface area (Å²) in [6.07, 6.45) is 5.62. The zero-order chi connectivity index (χ0) is 20.5. The number of anilines is 1. The third-order valence-corrected chi connectivity index (χ3v) is 5.34. The van der Waals surface area contributed by atoms with Crippen LogP contribution in [-0.4, -0.2) is 10.9 Å². The molecule has 1 aliphatic heterocycles. The van der Waals surface area contributed by atoms with Gasteiger partial charge >= 0.3 is 0 Å². The zero-order valence-electron chi connectivity index (χ0n) is 16.0. The lowest BCUT2D eigenvalue weighted by molar-refractivity contribution is -0.113. The maximum absolute atomic E-state index is 13.5. The molecule has 5 rings (SSSR count). The number of hydrogen-bond donors (Lipinski definition) is 0. The van der Waals surface area contributed by atoms with Crippen LogP contribution in [0.5, 0.6) is 0 Å². The summed E-state index contributed by atoms with van der Waals surface area (Å²) in [6.45, 7) is 0. The molecule has 0 fully saturated rings. The lowest BCUT2D eigenvalue weighted by Crippen LogP contribution is -2.24.